The van der Waals surface area contributed by atoms with E-state index in [2.05, 4.69) is 10.3 Å². The number of hydrogen-bond donors (Lipinski definition) is 2. The van der Waals surface area contributed by atoms with E-state index in [0.717, 1.165) is 9.88 Å². The van der Waals surface area contributed by atoms with Gasteiger partial charge in [-0.05, 0) is 17.9 Å². The molecule has 1 aliphatic carbocycles. The van der Waals surface area contributed by atoms with Crippen molar-refractivity contribution in [3.8, 4) is 9.88 Å². The number of amides is 1. The molecule has 2 atom stereocenters. The largest absolute Gasteiger partial charge is 0.481 e. The predicted molar refractivity (Wildman–Crippen MR) is 81.6 cm³/mol. The molecule has 2 heterocycles. The van der Waals surface area contributed by atoms with Crippen LogP contribution in [-0.2, 0) is 4.79 Å². The van der Waals surface area contributed by atoms with E-state index in [4.69, 9.17) is 5.11 Å². The molecule has 7 heteroatoms. The number of thiophene rings is 1. The van der Waals surface area contributed by atoms with Crippen LogP contribution in [0.25, 0.3) is 9.88 Å². The SMILES string of the molecule is O=C(NC1C=CC(C(=O)O)C1)c1csc(-c2cccs2)n1. The minimum absolute atomic E-state index is 0.245. The van der Waals surface area contributed by atoms with E-state index in [1.54, 1.807) is 28.9 Å². The van der Waals surface area contributed by atoms with Crippen LogP contribution in [0, 0.1) is 5.92 Å². The zero-order valence-electron chi connectivity index (χ0n) is 10.9. The van der Waals surface area contributed by atoms with Crippen molar-refractivity contribution in [3.63, 3.8) is 0 Å². The molecular weight excluding hydrogens is 308 g/mol. The topological polar surface area (TPSA) is 79.3 Å². The second-order valence-electron chi connectivity index (χ2n) is 4.66. The van der Waals surface area contributed by atoms with Crippen LogP contribution in [0.5, 0.6) is 0 Å². The Balaban J connectivity index is 1.64. The summed E-state index contributed by atoms with van der Waals surface area (Å²) in [5, 5.41) is 16.2. The van der Waals surface area contributed by atoms with Gasteiger partial charge in [-0.25, -0.2) is 4.98 Å². The van der Waals surface area contributed by atoms with Crippen molar-refractivity contribution in [2.24, 2.45) is 5.92 Å². The third-order valence-corrected chi connectivity index (χ3v) is 5.07. The molecule has 2 aromatic rings. The van der Waals surface area contributed by atoms with Gasteiger partial charge in [0.15, 0.2) is 0 Å². The van der Waals surface area contributed by atoms with Crippen molar-refractivity contribution in [1.29, 1.82) is 0 Å². The number of aromatic nitrogens is 1. The van der Waals surface area contributed by atoms with Gasteiger partial charge in [0, 0.05) is 11.4 Å². The molecule has 0 fully saturated rings. The molecular formula is C14H12N2O3S2. The van der Waals surface area contributed by atoms with Crippen molar-refractivity contribution >= 4 is 34.6 Å². The highest BCUT2D eigenvalue weighted by molar-refractivity contribution is 7.20. The molecule has 0 aliphatic heterocycles. The van der Waals surface area contributed by atoms with Crippen molar-refractivity contribution < 1.29 is 14.7 Å². The average molecular weight is 320 g/mol. The molecule has 1 aliphatic rings. The third kappa shape index (κ3) is 3.03. The summed E-state index contributed by atoms with van der Waals surface area (Å²) in [7, 11) is 0. The van der Waals surface area contributed by atoms with Gasteiger partial charge in [0.25, 0.3) is 5.91 Å². The maximum atomic E-state index is 12.1. The summed E-state index contributed by atoms with van der Waals surface area (Å²) in [4.78, 5) is 28.3. The van der Waals surface area contributed by atoms with Crippen molar-refractivity contribution in [2.45, 2.75) is 12.5 Å². The van der Waals surface area contributed by atoms with Gasteiger partial charge >= 0.3 is 5.97 Å². The first-order chi connectivity index (χ1) is 10.1. The molecule has 1 amide bonds. The maximum absolute atomic E-state index is 12.1. The summed E-state index contributed by atoms with van der Waals surface area (Å²) in [5.41, 5.74) is 0.371. The average Bonchev–Trinajstić information content (AvgIpc) is 3.19. The second-order valence-corrected chi connectivity index (χ2v) is 6.47. The van der Waals surface area contributed by atoms with Crippen molar-refractivity contribution in [2.75, 3.05) is 0 Å². The summed E-state index contributed by atoms with van der Waals surface area (Å²) in [5.74, 6) is -1.65. The molecule has 108 valence electrons. The zero-order chi connectivity index (χ0) is 14.8. The third-order valence-electron chi connectivity index (χ3n) is 3.19. The van der Waals surface area contributed by atoms with Gasteiger partial charge in [-0.2, -0.15) is 0 Å². The van der Waals surface area contributed by atoms with E-state index >= 15 is 0 Å². The van der Waals surface area contributed by atoms with E-state index in [9.17, 15) is 9.59 Å². The first-order valence-corrected chi connectivity index (χ1v) is 8.11. The number of nitrogens with one attached hydrogen (secondary N) is 1. The highest BCUT2D eigenvalue weighted by Gasteiger charge is 2.26. The lowest BCUT2D eigenvalue weighted by atomic mass is 10.1. The first kappa shape index (κ1) is 14.0. The smallest absolute Gasteiger partial charge is 0.310 e. The van der Waals surface area contributed by atoms with Gasteiger partial charge in [0.05, 0.1) is 10.8 Å². The van der Waals surface area contributed by atoms with E-state index in [-0.39, 0.29) is 11.9 Å². The molecule has 0 saturated carbocycles. The molecule has 2 unspecified atom stereocenters. The van der Waals surface area contributed by atoms with Crippen LogP contribution in [-0.4, -0.2) is 28.0 Å². The Bertz CT molecular complexity index is 691. The van der Waals surface area contributed by atoms with Gasteiger partial charge in [0.2, 0.25) is 0 Å². The second kappa shape index (κ2) is 5.79. The Labute approximate surface area is 129 Å². The van der Waals surface area contributed by atoms with Crippen LogP contribution in [0.2, 0.25) is 0 Å². The Morgan fingerprint density at radius 2 is 2.19 bits per heavy atom. The number of thiazole rings is 1. The number of nitrogens with zero attached hydrogens (tertiary/aromatic N) is 1. The van der Waals surface area contributed by atoms with E-state index in [1.807, 2.05) is 17.5 Å². The highest BCUT2D eigenvalue weighted by Crippen LogP contribution is 2.28. The van der Waals surface area contributed by atoms with Gasteiger partial charge in [0.1, 0.15) is 10.7 Å². The summed E-state index contributed by atoms with van der Waals surface area (Å²) in [6, 6.07) is 3.66. The Morgan fingerprint density at radius 3 is 2.86 bits per heavy atom. The number of carbonyl (C=O) groups is 2. The van der Waals surface area contributed by atoms with Gasteiger partial charge < -0.3 is 10.4 Å². The lowest BCUT2D eigenvalue weighted by Crippen LogP contribution is -2.33. The molecule has 21 heavy (non-hydrogen) atoms. The van der Waals surface area contributed by atoms with Crippen molar-refractivity contribution in [1.82, 2.24) is 10.3 Å². The van der Waals surface area contributed by atoms with E-state index < -0.39 is 11.9 Å². The summed E-state index contributed by atoms with van der Waals surface area (Å²) >= 11 is 3.00. The number of hydrogen-bond acceptors (Lipinski definition) is 5. The predicted octanol–water partition coefficient (Wildman–Crippen LogP) is 2.63. The number of carboxylic acids is 1. The maximum Gasteiger partial charge on any atom is 0.310 e. The van der Waals surface area contributed by atoms with Crippen LogP contribution in [0.4, 0.5) is 0 Å². The Kier molecular flexibility index (Phi) is 3.85. The molecule has 0 spiro atoms. The number of rotatable bonds is 4. The van der Waals surface area contributed by atoms with Crippen LogP contribution in [0.1, 0.15) is 16.9 Å². The monoisotopic (exact) mass is 320 g/mol. The zero-order valence-corrected chi connectivity index (χ0v) is 12.5. The minimum Gasteiger partial charge on any atom is -0.481 e. The Hall–Kier alpha value is -1.99. The van der Waals surface area contributed by atoms with Crippen LogP contribution < -0.4 is 5.32 Å². The van der Waals surface area contributed by atoms with Crippen LogP contribution >= 0.6 is 22.7 Å². The van der Waals surface area contributed by atoms with E-state index in [1.165, 1.54) is 11.3 Å². The number of carboxylic acid groups (broad SMARTS) is 1. The standard InChI is InChI=1S/C14H12N2O3S2/c17-12(15-9-4-3-8(6-9)14(18)19)10-7-21-13(16-10)11-2-1-5-20-11/h1-5,7-9H,6H2,(H,15,17)(H,18,19). The minimum atomic E-state index is -0.864. The summed E-state index contributed by atoms with van der Waals surface area (Å²) < 4.78 is 0. The summed E-state index contributed by atoms with van der Waals surface area (Å²) in [6.45, 7) is 0. The van der Waals surface area contributed by atoms with Gasteiger partial charge in [-0.3, -0.25) is 9.59 Å². The number of aliphatic carboxylic acids is 1. The van der Waals surface area contributed by atoms with Crippen LogP contribution in [0.3, 0.4) is 0 Å². The Morgan fingerprint density at radius 1 is 1.33 bits per heavy atom. The molecule has 0 saturated heterocycles. The molecule has 5 nitrogen and oxygen atoms in total. The molecule has 0 bridgehead atoms. The number of carbonyl (C=O) groups excluding carboxylic acids is 1. The highest BCUT2D eigenvalue weighted by atomic mass is 32.1. The van der Waals surface area contributed by atoms with E-state index in [0.29, 0.717) is 12.1 Å². The molecule has 2 aromatic heterocycles. The first-order valence-electron chi connectivity index (χ1n) is 6.35. The molecule has 3 rings (SSSR count). The quantitative estimate of drug-likeness (QED) is 0.849. The van der Waals surface area contributed by atoms with Gasteiger partial charge in [-0.15, -0.1) is 22.7 Å². The fourth-order valence-corrected chi connectivity index (χ4v) is 3.74. The summed E-state index contributed by atoms with van der Waals surface area (Å²) in [6.07, 6.45) is 3.73. The fraction of sp³-hybridized carbons (Fsp3) is 0.214. The lowest BCUT2D eigenvalue weighted by molar-refractivity contribution is -0.140. The van der Waals surface area contributed by atoms with Crippen LogP contribution in [0.15, 0.2) is 35.0 Å². The van der Waals surface area contributed by atoms with Crippen molar-refractivity contribution in [3.05, 3.63) is 40.7 Å². The molecule has 2 N–H and O–H groups in total. The van der Waals surface area contributed by atoms with Gasteiger partial charge in [-0.1, -0.05) is 18.2 Å². The fourth-order valence-electron chi connectivity index (χ4n) is 2.12. The molecule has 0 aromatic carbocycles. The molecule has 0 radical (unpaired) electrons. The lowest BCUT2D eigenvalue weighted by Gasteiger charge is -2.10. The normalized spacial score (nSPS) is 20.6.